The van der Waals surface area contributed by atoms with Gasteiger partial charge < -0.3 is 5.11 Å². The highest BCUT2D eigenvalue weighted by molar-refractivity contribution is 5.87. The maximum Gasteiger partial charge on any atom is 0.337 e. The molecule has 0 rings (SSSR count). The molecule has 0 aromatic carbocycles. The summed E-state index contributed by atoms with van der Waals surface area (Å²) < 4.78 is 23.0. The third-order valence-corrected chi connectivity index (χ3v) is 0.793. The Bertz CT molecular complexity index is 140. The number of carbonyl (C=O) groups is 1. The van der Waals surface area contributed by atoms with Gasteiger partial charge in [0, 0.05) is 0 Å². The van der Waals surface area contributed by atoms with E-state index in [9.17, 15) is 13.6 Å². The van der Waals surface area contributed by atoms with E-state index in [-0.39, 0.29) is 0 Å². The molecule has 0 unspecified atom stereocenters. The lowest BCUT2D eigenvalue weighted by Gasteiger charge is -1.95. The summed E-state index contributed by atoms with van der Waals surface area (Å²) in [4.78, 5) is 9.82. The number of carboxylic acid groups (broad SMARTS) is 1. The first-order valence-electron chi connectivity index (χ1n) is 2.27. The molecule has 0 saturated heterocycles. The van der Waals surface area contributed by atoms with E-state index in [1.807, 2.05) is 0 Å². The highest BCUT2D eigenvalue weighted by Crippen LogP contribution is 2.07. The van der Waals surface area contributed by atoms with Crippen molar-refractivity contribution >= 4 is 5.97 Å². The third kappa shape index (κ3) is 2.21. The molecular weight excluding hydrogens is 130 g/mol. The van der Waals surface area contributed by atoms with Gasteiger partial charge in [-0.05, 0) is 6.92 Å². The third-order valence-electron chi connectivity index (χ3n) is 0.793. The number of alkyl halides is 2. The van der Waals surface area contributed by atoms with Gasteiger partial charge in [0.15, 0.2) is 0 Å². The minimum absolute atomic E-state index is 0.852. The van der Waals surface area contributed by atoms with E-state index in [0.717, 1.165) is 6.08 Å². The lowest BCUT2D eigenvalue weighted by atomic mass is 10.3. The molecule has 2 nitrogen and oxygen atoms in total. The summed E-state index contributed by atoms with van der Waals surface area (Å²) in [5.41, 5.74) is -0.852. The summed E-state index contributed by atoms with van der Waals surface area (Å²) in [5.74, 6) is -1.56. The lowest BCUT2D eigenvalue weighted by molar-refractivity contribution is -0.134. The van der Waals surface area contributed by atoms with Crippen LogP contribution in [-0.2, 0) is 4.79 Å². The fraction of sp³-hybridized carbons (Fsp3) is 0.400. The highest BCUT2D eigenvalue weighted by Gasteiger charge is 2.16. The topological polar surface area (TPSA) is 37.3 Å². The highest BCUT2D eigenvalue weighted by atomic mass is 19.3. The van der Waals surface area contributed by atoms with E-state index in [0.29, 0.717) is 0 Å². The van der Waals surface area contributed by atoms with E-state index in [4.69, 9.17) is 5.11 Å². The van der Waals surface area contributed by atoms with E-state index >= 15 is 0 Å². The molecule has 0 aliphatic carbocycles. The molecular formula is C5H6F2O2. The van der Waals surface area contributed by atoms with Crippen molar-refractivity contribution in [2.75, 3.05) is 0 Å². The minimum atomic E-state index is -2.88. The zero-order valence-electron chi connectivity index (χ0n) is 4.77. The maximum atomic E-state index is 11.5. The molecule has 0 bridgehead atoms. The SMILES string of the molecule is CC=C(C(=O)O)C(F)F. The van der Waals surface area contributed by atoms with Crippen LogP contribution < -0.4 is 0 Å². The standard InChI is InChI=1S/C5H6F2O2/c1-2-3(4(6)7)5(8)9/h2,4H,1H3,(H,8,9). The van der Waals surface area contributed by atoms with E-state index in [1.54, 1.807) is 0 Å². The molecule has 9 heavy (non-hydrogen) atoms. The van der Waals surface area contributed by atoms with Gasteiger partial charge in [0.2, 0.25) is 0 Å². The van der Waals surface area contributed by atoms with E-state index in [2.05, 4.69) is 0 Å². The van der Waals surface area contributed by atoms with Gasteiger partial charge in [0.1, 0.15) is 0 Å². The molecule has 0 aliphatic heterocycles. The molecule has 0 aromatic rings. The van der Waals surface area contributed by atoms with Gasteiger partial charge in [0.25, 0.3) is 6.43 Å². The molecule has 0 fully saturated rings. The van der Waals surface area contributed by atoms with Crippen molar-refractivity contribution in [2.24, 2.45) is 0 Å². The van der Waals surface area contributed by atoms with Gasteiger partial charge in [-0.15, -0.1) is 0 Å². The molecule has 0 aliphatic rings. The van der Waals surface area contributed by atoms with Gasteiger partial charge in [-0.25, -0.2) is 13.6 Å². The number of hydrogen-bond acceptors (Lipinski definition) is 1. The second-order valence-corrected chi connectivity index (χ2v) is 1.35. The normalized spacial score (nSPS) is 12.2. The molecule has 0 amide bonds. The Balaban J connectivity index is 4.19. The Morgan fingerprint density at radius 1 is 1.67 bits per heavy atom. The Morgan fingerprint density at radius 3 is 2.11 bits per heavy atom. The monoisotopic (exact) mass is 136 g/mol. The van der Waals surface area contributed by atoms with Crippen LogP contribution in [-0.4, -0.2) is 17.5 Å². The zero-order valence-corrected chi connectivity index (χ0v) is 4.77. The molecule has 0 radical (unpaired) electrons. The van der Waals surface area contributed by atoms with Gasteiger partial charge in [-0.3, -0.25) is 0 Å². The number of hydrogen-bond donors (Lipinski definition) is 1. The van der Waals surface area contributed by atoms with Crippen LogP contribution in [0.4, 0.5) is 8.78 Å². The first kappa shape index (κ1) is 8.07. The Morgan fingerprint density at radius 2 is 2.11 bits per heavy atom. The summed E-state index contributed by atoms with van der Waals surface area (Å²) in [6.07, 6.45) is -2.00. The van der Waals surface area contributed by atoms with Crippen molar-refractivity contribution in [3.63, 3.8) is 0 Å². The van der Waals surface area contributed by atoms with Gasteiger partial charge in [-0.2, -0.15) is 0 Å². The molecule has 0 saturated carbocycles. The van der Waals surface area contributed by atoms with Crippen molar-refractivity contribution in [3.05, 3.63) is 11.6 Å². The van der Waals surface area contributed by atoms with Crippen molar-refractivity contribution in [3.8, 4) is 0 Å². The summed E-state index contributed by atoms with van der Waals surface area (Å²) >= 11 is 0. The fourth-order valence-electron chi connectivity index (χ4n) is 0.343. The van der Waals surface area contributed by atoms with Crippen molar-refractivity contribution in [1.82, 2.24) is 0 Å². The molecule has 4 heteroatoms. The van der Waals surface area contributed by atoms with Gasteiger partial charge in [0.05, 0.1) is 5.57 Å². The quantitative estimate of drug-likeness (QED) is 0.580. The van der Waals surface area contributed by atoms with Crippen molar-refractivity contribution in [1.29, 1.82) is 0 Å². The number of rotatable bonds is 2. The second kappa shape index (κ2) is 3.17. The average molecular weight is 136 g/mol. The minimum Gasteiger partial charge on any atom is -0.478 e. The van der Waals surface area contributed by atoms with Crippen LogP contribution in [0.1, 0.15) is 6.92 Å². The summed E-state index contributed by atoms with van der Waals surface area (Å²) in [6.45, 7) is 1.26. The summed E-state index contributed by atoms with van der Waals surface area (Å²) in [5, 5.41) is 8.00. The second-order valence-electron chi connectivity index (χ2n) is 1.35. The van der Waals surface area contributed by atoms with Crippen molar-refractivity contribution in [2.45, 2.75) is 13.3 Å². The predicted octanol–water partition coefficient (Wildman–Crippen LogP) is 1.28. The van der Waals surface area contributed by atoms with Crippen molar-refractivity contribution < 1.29 is 18.7 Å². The van der Waals surface area contributed by atoms with Gasteiger partial charge >= 0.3 is 5.97 Å². The van der Waals surface area contributed by atoms with Crippen LogP contribution >= 0.6 is 0 Å². The fourth-order valence-corrected chi connectivity index (χ4v) is 0.343. The molecule has 52 valence electrons. The van der Waals surface area contributed by atoms with Crippen LogP contribution in [0.15, 0.2) is 11.6 Å². The van der Waals surface area contributed by atoms with Gasteiger partial charge in [-0.1, -0.05) is 6.08 Å². The summed E-state index contributed by atoms with van der Waals surface area (Å²) in [7, 11) is 0. The van der Waals surface area contributed by atoms with Crippen LogP contribution in [0.2, 0.25) is 0 Å². The van der Waals surface area contributed by atoms with Crippen LogP contribution in [0.3, 0.4) is 0 Å². The van der Waals surface area contributed by atoms with Crippen LogP contribution in [0.5, 0.6) is 0 Å². The predicted molar refractivity (Wildman–Crippen MR) is 27.4 cm³/mol. The molecule has 0 spiro atoms. The number of carboxylic acids is 1. The Hall–Kier alpha value is -0.930. The Kier molecular flexibility index (Phi) is 2.84. The molecule has 0 atom stereocenters. The summed E-state index contributed by atoms with van der Waals surface area (Å²) in [6, 6.07) is 0. The largest absolute Gasteiger partial charge is 0.478 e. The van der Waals surface area contributed by atoms with E-state index < -0.39 is 18.0 Å². The zero-order chi connectivity index (χ0) is 7.44. The van der Waals surface area contributed by atoms with Crippen LogP contribution in [0.25, 0.3) is 0 Å². The lowest BCUT2D eigenvalue weighted by Crippen LogP contribution is -2.08. The smallest absolute Gasteiger partial charge is 0.337 e. The number of halogens is 2. The molecule has 0 aromatic heterocycles. The number of allylic oxidation sites excluding steroid dienone is 1. The Labute approximate surface area is 50.8 Å². The average Bonchev–Trinajstić information content (AvgIpc) is 1.64. The molecule has 0 heterocycles. The molecule has 1 N–H and O–H groups in total. The van der Waals surface area contributed by atoms with E-state index in [1.165, 1.54) is 6.92 Å². The first-order chi connectivity index (χ1) is 4.09. The van der Waals surface area contributed by atoms with Crippen LogP contribution in [0, 0.1) is 0 Å². The number of aliphatic carboxylic acids is 1. The first-order valence-corrected chi connectivity index (χ1v) is 2.27. The maximum absolute atomic E-state index is 11.5.